The van der Waals surface area contributed by atoms with Gasteiger partial charge in [0.25, 0.3) is 0 Å². The highest BCUT2D eigenvalue weighted by Crippen LogP contribution is 2.70. The smallest absolute Gasteiger partial charge is 0.306 e. The van der Waals surface area contributed by atoms with E-state index in [1.165, 1.54) is 12.2 Å². The Morgan fingerprint density at radius 3 is 2.43 bits per heavy atom. The first kappa shape index (κ1) is 25.4. The Morgan fingerprint density at radius 2 is 1.83 bits per heavy atom. The van der Waals surface area contributed by atoms with Crippen molar-refractivity contribution in [1.29, 1.82) is 0 Å². The van der Waals surface area contributed by atoms with Crippen LogP contribution in [0.15, 0.2) is 35.5 Å². The molecule has 3 unspecified atom stereocenters. The number of ketones is 2. The maximum absolute atomic E-state index is 15.5. The SMILES string of the molecule is C[C@@H]1C(O)[C@H]2[C@@H]3C[C@@H](F)C4=CC(=O)C=C[C@]4(C)C3=CC[C@]2(C)C1(CC(=O)O)C(=O)C(O)CC(=O)O. The number of carboxylic acids is 2. The molecular weight excluding hydrogens is 459 g/mol. The van der Waals surface area contributed by atoms with Gasteiger partial charge in [-0.3, -0.25) is 19.2 Å². The second-order valence-electron chi connectivity index (χ2n) is 11.0. The summed E-state index contributed by atoms with van der Waals surface area (Å²) in [6.45, 7) is 5.05. The van der Waals surface area contributed by atoms with Gasteiger partial charge < -0.3 is 20.4 Å². The van der Waals surface area contributed by atoms with Crippen LogP contribution in [0.25, 0.3) is 0 Å². The Hall–Kier alpha value is -2.65. The molecule has 4 N–H and O–H groups in total. The third-order valence-electron chi connectivity index (χ3n) is 9.41. The van der Waals surface area contributed by atoms with E-state index in [9.17, 15) is 34.5 Å². The van der Waals surface area contributed by atoms with Crippen molar-refractivity contribution in [1.82, 2.24) is 0 Å². The lowest BCUT2D eigenvalue weighted by Gasteiger charge is -2.55. The van der Waals surface area contributed by atoms with Crippen molar-refractivity contribution in [2.24, 2.45) is 34.0 Å². The van der Waals surface area contributed by atoms with Crippen LogP contribution in [0.3, 0.4) is 0 Å². The summed E-state index contributed by atoms with van der Waals surface area (Å²) in [5.41, 5.74) is -2.66. The van der Waals surface area contributed by atoms with Crippen molar-refractivity contribution in [2.45, 2.75) is 64.8 Å². The lowest BCUT2D eigenvalue weighted by atomic mass is 9.47. The lowest BCUT2D eigenvalue weighted by Crippen LogP contribution is -2.55. The van der Waals surface area contributed by atoms with Gasteiger partial charge in [-0.15, -0.1) is 0 Å². The lowest BCUT2D eigenvalue weighted by molar-refractivity contribution is -0.161. The highest BCUT2D eigenvalue weighted by molar-refractivity contribution is 6.01. The second-order valence-corrected chi connectivity index (χ2v) is 11.0. The predicted molar refractivity (Wildman–Crippen MR) is 121 cm³/mol. The fourth-order valence-electron chi connectivity index (χ4n) is 7.81. The maximum Gasteiger partial charge on any atom is 0.306 e. The van der Waals surface area contributed by atoms with Crippen LogP contribution in [-0.4, -0.2) is 62.3 Å². The first-order chi connectivity index (χ1) is 16.2. The first-order valence-electron chi connectivity index (χ1n) is 11.8. The van der Waals surface area contributed by atoms with Crippen molar-refractivity contribution < 1.29 is 44.0 Å². The Morgan fingerprint density at radius 1 is 1.17 bits per heavy atom. The third kappa shape index (κ3) is 3.38. The second kappa shape index (κ2) is 8.20. The van der Waals surface area contributed by atoms with E-state index in [2.05, 4.69) is 0 Å². The van der Waals surface area contributed by atoms with Crippen LogP contribution in [-0.2, 0) is 19.2 Å². The van der Waals surface area contributed by atoms with E-state index in [4.69, 9.17) is 5.11 Å². The largest absolute Gasteiger partial charge is 0.481 e. The zero-order chi connectivity index (χ0) is 26.1. The fourth-order valence-corrected chi connectivity index (χ4v) is 7.81. The summed E-state index contributed by atoms with van der Waals surface area (Å²) >= 11 is 0. The summed E-state index contributed by atoms with van der Waals surface area (Å²) < 4.78 is 15.5. The van der Waals surface area contributed by atoms with E-state index in [0.717, 1.165) is 5.57 Å². The van der Waals surface area contributed by atoms with Crippen molar-refractivity contribution in [3.05, 3.63) is 35.5 Å². The number of aliphatic hydroxyl groups excluding tert-OH is 2. The molecule has 4 aliphatic carbocycles. The molecule has 0 aliphatic heterocycles. The van der Waals surface area contributed by atoms with Crippen LogP contribution in [0.2, 0.25) is 0 Å². The number of hydrogen-bond donors (Lipinski definition) is 4. The van der Waals surface area contributed by atoms with Crippen molar-refractivity contribution >= 4 is 23.5 Å². The van der Waals surface area contributed by atoms with Crippen LogP contribution in [0.5, 0.6) is 0 Å². The summed E-state index contributed by atoms with van der Waals surface area (Å²) in [7, 11) is 0. The Labute approximate surface area is 202 Å². The van der Waals surface area contributed by atoms with Gasteiger partial charge >= 0.3 is 11.9 Å². The molecule has 8 nitrogen and oxygen atoms in total. The highest BCUT2D eigenvalue weighted by Gasteiger charge is 2.72. The molecule has 0 spiro atoms. The maximum atomic E-state index is 15.5. The van der Waals surface area contributed by atoms with Gasteiger partial charge in [-0.25, -0.2) is 4.39 Å². The molecule has 35 heavy (non-hydrogen) atoms. The molecular formula is C26H31FO8. The first-order valence-corrected chi connectivity index (χ1v) is 11.8. The molecule has 190 valence electrons. The summed E-state index contributed by atoms with van der Waals surface area (Å²) in [6.07, 6.45) is 0.180. The molecule has 0 saturated heterocycles. The number of fused-ring (bicyclic) bond motifs is 5. The number of allylic oxidation sites excluding steroid dienone is 6. The van der Waals surface area contributed by atoms with Gasteiger partial charge in [0.2, 0.25) is 0 Å². The fraction of sp³-hybridized carbons (Fsp3) is 0.615. The highest BCUT2D eigenvalue weighted by atomic mass is 19.1. The number of carbonyl (C=O) groups is 4. The van der Waals surface area contributed by atoms with Gasteiger partial charge in [-0.2, -0.15) is 0 Å². The van der Waals surface area contributed by atoms with Crippen molar-refractivity contribution in [3.8, 4) is 0 Å². The molecule has 0 radical (unpaired) electrons. The number of carbonyl (C=O) groups excluding carboxylic acids is 2. The topological polar surface area (TPSA) is 149 Å². The summed E-state index contributed by atoms with van der Waals surface area (Å²) in [5, 5.41) is 40.9. The van der Waals surface area contributed by atoms with Gasteiger partial charge in [0.1, 0.15) is 12.3 Å². The van der Waals surface area contributed by atoms with Crippen molar-refractivity contribution in [2.75, 3.05) is 0 Å². The van der Waals surface area contributed by atoms with Gasteiger partial charge in [0, 0.05) is 5.41 Å². The molecule has 0 aromatic rings. The normalized spacial score (nSPS) is 42.8. The van der Waals surface area contributed by atoms with E-state index in [1.807, 2.05) is 13.0 Å². The molecule has 4 aliphatic rings. The van der Waals surface area contributed by atoms with E-state index < -0.39 is 82.9 Å². The van der Waals surface area contributed by atoms with E-state index in [-0.39, 0.29) is 18.6 Å². The molecule has 0 bridgehead atoms. The minimum Gasteiger partial charge on any atom is -0.481 e. The average molecular weight is 491 g/mol. The molecule has 9 atom stereocenters. The molecule has 2 fully saturated rings. The quantitative estimate of drug-likeness (QED) is 0.414. The summed E-state index contributed by atoms with van der Waals surface area (Å²) in [6, 6.07) is 0. The molecule has 0 aromatic carbocycles. The van der Waals surface area contributed by atoms with Crippen LogP contribution < -0.4 is 0 Å². The number of hydrogen-bond acceptors (Lipinski definition) is 6. The Bertz CT molecular complexity index is 1090. The molecule has 4 rings (SSSR count). The minimum absolute atomic E-state index is 0.0343. The molecule has 0 aromatic heterocycles. The van der Waals surface area contributed by atoms with Gasteiger partial charge in [-0.1, -0.05) is 31.6 Å². The number of alkyl halides is 1. The van der Waals surface area contributed by atoms with E-state index >= 15 is 4.39 Å². The molecule has 9 heteroatoms. The Kier molecular flexibility index (Phi) is 5.96. The van der Waals surface area contributed by atoms with Crippen LogP contribution in [0.1, 0.15) is 46.5 Å². The number of Topliss-reactive ketones (excluding diaryl/α,β-unsaturated/α-hetero) is 1. The van der Waals surface area contributed by atoms with Crippen LogP contribution >= 0.6 is 0 Å². The number of aliphatic hydroxyl groups is 2. The van der Waals surface area contributed by atoms with E-state index in [0.29, 0.717) is 5.57 Å². The van der Waals surface area contributed by atoms with Crippen LogP contribution in [0, 0.1) is 34.0 Å². The Balaban J connectivity index is 1.88. The zero-order valence-corrected chi connectivity index (χ0v) is 19.9. The summed E-state index contributed by atoms with van der Waals surface area (Å²) in [4.78, 5) is 48.9. The molecule has 0 amide bonds. The molecule has 2 saturated carbocycles. The van der Waals surface area contributed by atoms with Gasteiger partial charge in [-0.05, 0) is 60.7 Å². The standard InChI is InChI=1S/C26H31FO8/c1-12-22(34)21-14-9-17(27)16-8-13(28)4-6-24(16,2)15(14)5-7-25(21,3)26(12,11-20(32)33)23(35)18(29)10-19(30)31/h4-6,8,12,14,17-18,21-22,29,34H,7,9-11H2,1-3H3,(H,30,31)(H,32,33)/t12-,14-,17-,18?,21-,22?,24-,25+,26?/m1/s1. The number of rotatable bonds is 6. The average Bonchev–Trinajstić information content (AvgIpc) is 2.92. The summed E-state index contributed by atoms with van der Waals surface area (Å²) in [5.74, 6) is -6.11. The number of carboxylic acid groups (broad SMARTS) is 2. The minimum atomic E-state index is -1.94. The van der Waals surface area contributed by atoms with Crippen molar-refractivity contribution in [3.63, 3.8) is 0 Å². The van der Waals surface area contributed by atoms with Crippen LogP contribution in [0.4, 0.5) is 4.39 Å². The van der Waals surface area contributed by atoms with E-state index in [1.54, 1.807) is 19.9 Å². The van der Waals surface area contributed by atoms with Gasteiger partial charge in [0.15, 0.2) is 11.6 Å². The monoisotopic (exact) mass is 490 g/mol. The number of halogens is 1. The third-order valence-corrected chi connectivity index (χ3v) is 9.41. The van der Waals surface area contributed by atoms with Gasteiger partial charge in [0.05, 0.1) is 24.4 Å². The zero-order valence-electron chi connectivity index (χ0n) is 19.9. The predicted octanol–water partition coefficient (Wildman–Crippen LogP) is 2.24. The molecule has 0 heterocycles. The number of aliphatic carboxylic acids is 2.